The second-order valence-corrected chi connectivity index (χ2v) is 5.52. The first kappa shape index (κ1) is 12.4. The molecule has 2 N–H and O–H groups in total. The van der Waals surface area contributed by atoms with E-state index in [0.29, 0.717) is 12.5 Å². The van der Waals surface area contributed by atoms with E-state index in [9.17, 15) is 4.79 Å². The molecule has 1 heterocycles. The minimum Gasteiger partial charge on any atom is -0.353 e. The van der Waals surface area contributed by atoms with Gasteiger partial charge in [-0.25, -0.2) is 0 Å². The van der Waals surface area contributed by atoms with Crippen molar-refractivity contribution in [2.24, 2.45) is 0 Å². The Morgan fingerprint density at radius 3 is 2.53 bits per heavy atom. The highest BCUT2D eigenvalue weighted by Crippen LogP contribution is 2.17. The molecule has 3 nitrogen and oxygen atoms in total. The number of likely N-dealkylation sites (tertiary alicyclic amines) is 1. The summed E-state index contributed by atoms with van der Waals surface area (Å²) < 4.78 is 0. The largest absolute Gasteiger partial charge is 0.353 e. The lowest BCUT2D eigenvalue weighted by Crippen LogP contribution is -3.16. The van der Waals surface area contributed by atoms with Crippen LogP contribution in [-0.4, -0.2) is 24.9 Å². The third-order valence-corrected chi connectivity index (χ3v) is 4.15. The Kier molecular flexibility index (Phi) is 3.65. The van der Waals surface area contributed by atoms with Crippen molar-refractivity contribution in [3.8, 4) is 0 Å². The van der Waals surface area contributed by atoms with Crippen LogP contribution in [-0.2, 0) is 4.79 Å². The number of nitrogens with one attached hydrogen (secondary N) is 2. The van der Waals surface area contributed by atoms with Gasteiger partial charge in [0.05, 0.1) is 25.2 Å². The molecular formula is C16H21N2O+. The zero-order valence-corrected chi connectivity index (χ0v) is 11.2. The highest BCUT2D eigenvalue weighted by Gasteiger charge is 2.32. The molecule has 100 valence electrons. The van der Waals surface area contributed by atoms with E-state index >= 15 is 0 Å². The lowest BCUT2D eigenvalue weighted by atomic mass is 10.1. The number of carbonyl (C=O) groups is 1. The van der Waals surface area contributed by atoms with E-state index < -0.39 is 0 Å². The first-order chi connectivity index (χ1) is 9.33. The van der Waals surface area contributed by atoms with E-state index in [1.807, 2.05) is 30.3 Å². The standard InChI is InChI=1S/C16H20N2O/c19-16-12-14(18-9-5-2-6-10-18)11-15(16)17-13-7-3-1-4-8-13/h1,3-4,7-8,11,14,17H,2,5-6,9-10,12H2/p+1/t14-/m0/s1. The summed E-state index contributed by atoms with van der Waals surface area (Å²) in [6, 6.07) is 10.3. The fourth-order valence-electron chi connectivity index (χ4n) is 3.09. The first-order valence-corrected chi connectivity index (χ1v) is 7.24. The number of allylic oxidation sites excluding steroid dienone is 1. The van der Waals surface area contributed by atoms with E-state index in [1.165, 1.54) is 32.4 Å². The molecule has 0 amide bonds. The number of Topliss-reactive ketones (excluding diaryl/α,β-unsaturated/α-hetero) is 1. The number of carbonyl (C=O) groups excluding carboxylic acids is 1. The SMILES string of the molecule is O=C1C[C@@H]([NH+]2CCCCC2)C=C1Nc1ccccc1. The molecule has 1 aliphatic carbocycles. The summed E-state index contributed by atoms with van der Waals surface area (Å²) in [7, 11) is 0. The van der Waals surface area contributed by atoms with Gasteiger partial charge in [-0.15, -0.1) is 0 Å². The van der Waals surface area contributed by atoms with Crippen LogP contribution < -0.4 is 10.2 Å². The van der Waals surface area contributed by atoms with E-state index in [0.717, 1.165) is 11.4 Å². The number of anilines is 1. The lowest BCUT2D eigenvalue weighted by Gasteiger charge is -2.27. The Bertz CT molecular complexity index is 475. The summed E-state index contributed by atoms with van der Waals surface area (Å²) in [5, 5.41) is 3.26. The number of hydrogen-bond donors (Lipinski definition) is 2. The normalized spacial score (nSPS) is 24.3. The van der Waals surface area contributed by atoms with Gasteiger partial charge in [0.1, 0.15) is 6.04 Å². The zero-order chi connectivity index (χ0) is 13.1. The van der Waals surface area contributed by atoms with Crippen molar-refractivity contribution in [2.75, 3.05) is 18.4 Å². The van der Waals surface area contributed by atoms with E-state index in [-0.39, 0.29) is 5.78 Å². The second kappa shape index (κ2) is 5.57. The molecule has 1 aromatic rings. The van der Waals surface area contributed by atoms with Crippen molar-refractivity contribution in [3.05, 3.63) is 42.1 Å². The molecule has 3 rings (SSSR count). The summed E-state index contributed by atoms with van der Waals surface area (Å²) >= 11 is 0. The Hall–Kier alpha value is -1.61. The van der Waals surface area contributed by atoms with Gasteiger partial charge in [0.2, 0.25) is 0 Å². The van der Waals surface area contributed by atoms with E-state index in [2.05, 4.69) is 11.4 Å². The predicted octanol–water partition coefficient (Wildman–Crippen LogP) is 1.39. The molecule has 0 unspecified atom stereocenters. The molecule has 2 aliphatic rings. The van der Waals surface area contributed by atoms with Gasteiger partial charge in [-0.1, -0.05) is 18.2 Å². The fraction of sp³-hybridized carbons (Fsp3) is 0.438. The minimum atomic E-state index is 0.256. The van der Waals surface area contributed by atoms with Crippen molar-refractivity contribution in [1.82, 2.24) is 0 Å². The van der Waals surface area contributed by atoms with Gasteiger partial charge in [-0.2, -0.15) is 0 Å². The smallest absolute Gasteiger partial charge is 0.185 e. The van der Waals surface area contributed by atoms with Crippen molar-refractivity contribution >= 4 is 11.5 Å². The molecule has 1 fully saturated rings. The van der Waals surface area contributed by atoms with Crippen LogP contribution >= 0.6 is 0 Å². The second-order valence-electron chi connectivity index (χ2n) is 5.52. The molecule has 1 aliphatic heterocycles. The number of benzene rings is 1. The van der Waals surface area contributed by atoms with Crippen LogP contribution in [0.2, 0.25) is 0 Å². The Morgan fingerprint density at radius 1 is 1.05 bits per heavy atom. The summed E-state index contributed by atoms with van der Waals surface area (Å²) in [6.45, 7) is 2.43. The van der Waals surface area contributed by atoms with Gasteiger partial charge >= 0.3 is 0 Å². The van der Waals surface area contributed by atoms with Gasteiger partial charge in [-0.3, -0.25) is 4.79 Å². The Labute approximate surface area is 114 Å². The van der Waals surface area contributed by atoms with Crippen LogP contribution in [0.4, 0.5) is 5.69 Å². The van der Waals surface area contributed by atoms with E-state index in [4.69, 9.17) is 0 Å². The van der Waals surface area contributed by atoms with Crippen LogP contribution in [0.3, 0.4) is 0 Å². The van der Waals surface area contributed by atoms with E-state index in [1.54, 1.807) is 4.90 Å². The van der Waals surface area contributed by atoms with Gasteiger partial charge in [0.15, 0.2) is 5.78 Å². The number of para-hydroxylation sites is 1. The monoisotopic (exact) mass is 257 g/mol. The fourth-order valence-corrected chi connectivity index (χ4v) is 3.09. The molecule has 0 spiro atoms. The maximum atomic E-state index is 12.1. The summed E-state index contributed by atoms with van der Waals surface area (Å²) in [5.41, 5.74) is 1.78. The number of hydrogen-bond acceptors (Lipinski definition) is 2. The molecular weight excluding hydrogens is 236 g/mol. The predicted molar refractivity (Wildman–Crippen MR) is 76.1 cm³/mol. The van der Waals surface area contributed by atoms with Crippen molar-refractivity contribution in [1.29, 1.82) is 0 Å². The molecule has 0 saturated carbocycles. The Morgan fingerprint density at radius 2 is 1.79 bits per heavy atom. The van der Waals surface area contributed by atoms with Crippen molar-refractivity contribution in [2.45, 2.75) is 31.7 Å². The van der Waals surface area contributed by atoms with Crippen LogP contribution in [0, 0.1) is 0 Å². The van der Waals surface area contributed by atoms with Gasteiger partial charge < -0.3 is 10.2 Å². The van der Waals surface area contributed by atoms with Gasteiger partial charge in [0.25, 0.3) is 0 Å². The number of ketones is 1. The highest BCUT2D eigenvalue weighted by molar-refractivity contribution is 6.00. The average molecular weight is 257 g/mol. The molecule has 1 atom stereocenters. The Balaban J connectivity index is 1.69. The van der Waals surface area contributed by atoms with Crippen LogP contribution in [0.25, 0.3) is 0 Å². The van der Waals surface area contributed by atoms with Gasteiger partial charge in [0, 0.05) is 11.8 Å². The first-order valence-electron chi connectivity index (χ1n) is 7.24. The quantitative estimate of drug-likeness (QED) is 0.858. The summed E-state index contributed by atoms with van der Waals surface area (Å²) in [4.78, 5) is 13.7. The number of piperidine rings is 1. The maximum absolute atomic E-state index is 12.1. The van der Waals surface area contributed by atoms with Crippen LogP contribution in [0.1, 0.15) is 25.7 Å². The average Bonchev–Trinajstić information content (AvgIpc) is 2.82. The third kappa shape index (κ3) is 2.87. The van der Waals surface area contributed by atoms with Crippen molar-refractivity contribution < 1.29 is 9.69 Å². The molecule has 0 bridgehead atoms. The van der Waals surface area contributed by atoms with Crippen LogP contribution in [0.15, 0.2) is 42.1 Å². The summed E-state index contributed by atoms with van der Waals surface area (Å²) in [6.07, 6.45) is 6.77. The number of rotatable bonds is 3. The molecule has 1 saturated heterocycles. The number of quaternary nitrogens is 1. The zero-order valence-electron chi connectivity index (χ0n) is 11.2. The molecule has 1 aromatic carbocycles. The minimum absolute atomic E-state index is 0.256. The van der Waals surface area contributed by atoms with Gasteiger partial charge in [-0.05, 0) is 31.4 Å². The molecule has 3 heteroatoms. The van der Waals surface area contributed by atoms with Crippen molar-refractivity contribution in [3.63, 3.8) is 0 Å². The molecule has 0 aromatic heterocycles. The highest BCUT2D eigenvalue weighted by atomic mass is 16.1. The lowest BCUT2D eigenvalue weighted by molar-refractivity contribution is -0.922. The molecule has 19 heavy (non-hydrogen) atoms. The third-order valence-electron chi connectivity index (χ3n) is 4.15. The van der Waals surface area contributed by atoms with Crippen LogP contribution in [0.5, 0.6) is 0 Å². The topological polar surface area (TPSA) is 33.5 Å². The maximum Gasteiger partial charge on any atom is 0.185 e. The molecule has 0 radical (unpaired) electrons. The summed E-state index contributed by atoms with van der Waals surface area (Å²) in [5.74, 6) is 0.256.